The van der Waals surface area contributed by atoms with Crippen molar-refractivity contribution < 1.29 is 17.9 Å². The summed E-state index contributed by atoms with van der Waals surface area (Å²) in [5, 5.41) is 1.06. The quantitative estimate of drug-likeness (QED) is 0.215. The maximum absolute atomic E-state index is 13.6. The van der Waals surface area contributed by atoms with Crippen LogP contribution in [0.3, 0.4) is 0 Å². The maximum atomic E-state index is 13.6. The van der Waals surface area contributed by atoms with E-state index in [2.05, 4.69) is 9.97 Å². The van der Waals surface area contributed by atoms with E-state index >= 15 is 0 Å². The molecular weight excluding hydrogens is 511 g/mol. The number of fused-ring (bicyclic) bond motifs is 1. The first-order valence-electron chi connectivity index (χ1n) is 10.8. The van der Waals surface area contributed by atoms with Crippen molar-refractivity contribution in [1.29, 1.82) is 0 Å². The van der Waals surface area contributed by atoms with Crippen molar-refractivity contribution in [2.24, 2.45) is 0 Å². The standard InChI is InChI=1S/C24H22Cl2N4O4S/c1-2-3-11-34-23(31)16-30(35(32,33)21-14-18(25)13-19(26)15-21)20-5-6-22-17(12-20)7-10-29(22)24-27-8-4-9-28-24/h4-10,12-15H,2-3,11,16H2,1H3. The number of sulfonamides is 1. The van der Waals surface area contributed by atoms with E-state index in [0.717, 1.165) is 21.6 Å². The first kappa shape index (κ1) is 25.0. The van der Waals surface area contributed by atoms with Gasteiger partial charge in [0.05, 0.1) is 22.7 Å². The lowest BCUT2D eigenvalue weighted by molar-refractivity contribution is -0.141. The highest BCUT2D eigenvalue weighted by Gasteiger charge is 2.29. The van der Waals surface area contributed by atoms with Crippen molar-refractivity contribution in [3.05, 3.63) is 77.2 Å². The molecular formula is C24H22Cl2N4O4S. The van der Waals surface area contributed by atoms with Gasteiger partial charge in [-0.3, -0.25) is 13.7 Å². The highest BCUT2D eigenvalue weighted by Crippen LogP contribution is 2.31. The molecule has 2 heterocycles. The number of unbranched alkanes of at least 4 members (excludes halogenated alkanes) is 1. The number of nitrogens with zero attached hydrogens (tertiary/aromatic N) is 4. The molecule has 0 atom stereocenters. The molecule has 11 heteroatoms. The van der Waals surface area contributed by atoms with Gasteiger partial charge in [-0.1, -0.05) is 36.5 Å². The molecule has 0 aliphatic rings. The number of hydrogen-bond acceptors (Lipinski definition) is 6. The van der Waals surface area contributed by atoms with E-state index in [1.54, 1.807) is 47.4 Å². The molecule has 8 nitrogen and oxygen atoms in total. The summed E-state index contributed by atoms with van der Waals surface area (Å²) in [6.45, 7) is 1.67. The molecule has 4 rings (SSSR count). The van der Waals surface area contributed by atoms with Crippen LogP contribution in [-0.4, -0.2) is 42.1 Å². The molecule has 0 radical (unpaired) electrons. The SMILES string of the molecule is CCCCOC(=O)CN(c1ccc2c(ccn2-c2ncccn2)c1)S(=O)(=O)c1cc(Cl)cc(Cl)c1. The van der Waals surface area contributed by atoms with Crippen molar-refractivity contribution in [2.75, 3.05) is 17.5 Å². The minimum absolute atomic E-state index is 0.133. The van der Waals surface area contributed by atoms with Crippen LogP contribution in [0, 0.1) is 0 Å². The van der Waals surface area contributed by atoms with Gasteiger partial charge in [0.1, 0.15) is 6.54 Å². The Hall–Kier alpha value is -3.14. The molecule has 0 aliphatic carbocycles. The highest BCUT2D eigenvalue weighted by molar-refractivity contribution is 7.92. The van der Waals surface area contributed by atoms with Gasteiger partial charge in [0.2, 0.25) is 5.95 Å². The summed E-state index contributed by atoms with van der Waals surface area (Å²) in [5.74, 6) is -0.182. The van der Waals surface area contributed by atoms with Gasteiger partial charge in [0, 0.05) is 34.0 Å². The molecule has 0 saturated carbocycles. The molecule has 35 heavy (non-hydrogen) atoms. The number of ether oxygens (including phenoxy) is 1. The van der Waals surface area contributed by atoms with Crippen LogP contribution >= 0.6 is 23.2 Å². The molecule has 0 saturated heterocycles. The number of rotatable bonds is 9. The number of halogens is 2. The Balaban J connectivity index is 1.76. The summed E-state index contributed by atoms with van der Waals surface area (Å²) in [6.07, 6.45) is 6.59. The number of carbonyl (C=O) groups excluding carboxylic acids is 1. The molecule has 4 aromatic rings. The van der Waals surface area contributed by atoms with E-state index in [1.807, 2.05) is 13.0 Å². The van der Waals surface area contributed by atoms with Crippen molar-refractivity contribution in [2.45, 2.75) is 24.7 Å². The fourth-order valence-corrected chi connectivity index (χ4v) is 5.62. The zero-order valence-corrected chi connectivity index (χ0v) is 21.1. The fraction of sp³-hybridized carbons (Fsp3) is 0.208. The van der Waals surface area contributed by atoms with Crippen LogP contribution in [0.4, 0.5) is 5.69 Å². The first-order chi connectivity index (χ1) is 16.8. The summed E-state index contributed by atoms with van der Waals surface area (Å²) in [6, 6.07) is 12.6. The minimum Gasteiger partial charge on any atom is -0.464 e. The lowest BCUT2D eigenvalue weighted by Crippen LogP contribution is -2.36. The number of aromatic nitrogens is 3. The molecule has 0 bridgehead atoms. The predicted molar refractivity (Wildman–Crippen MR) is 136 cm³/mol. The van der Waals surface area contributed by atoms with Crippen molar-refractivity contribution >= 4 is 55.8 Å². The number of esters is 1. The zero-order chi connectivity index (χ0) is 25.0. The summed E-state index contributed by atoms with van der Waals surface area (Å²) >= 11 is 12.1. The second-order valence-electron chi connectivity index (χ2n) is 7.67. The van der Waals surface area contributed by atoms with Gasteiger partial charge in [0.15, 0.2) is 0 Å². The smallest absolute Gasteiger partial charge is 0.326 e. The van der Waals surface area contributed by atoms with Gasteiger partial charge in [-0.2, -0.15) is 0 Å². The average molecular weight is 533 g/mol. The molecule has 0 N–H and O–H groups in total. The lowest BCUT2D eigenvalue weighted by atomic mass is 10.2. The van der Waals surface area contributed by atoms with Gasteiger partial charge in [-0.15, -0.1) is 0 Å². The van der Waals surface area contributed by atoms with E-state index in [0.29, 0.717) is 12.4 Å². The molecule has 0 fully saturated rings. The third-order valence-electron chi connectivity index (χ3n) is 5.19. The van der Waals surface area contributed by atoms with E-state index in [-0.39, 0.29) is 27.2 Å². The van der Waals surface area contributed by atoms with Crippen LogP contribution < -0.4 is 4.31 Å². The van der Waals surface area contributed by atoms with Crippen LogP contribution in [0.15, 0.2) is 72.0 Å². The largest absolute Gasteiger partial charge is 0.464 e. The lowest BCUT2D eigenvalue weighted by Gasteiger charge is -2.24. The third kappa shape index (κ3) is 5.58. The van der Waals surface area contributed by atoms with Crippen LogP contribution in [0.2, 0.25) is 10.0 Å². The second kappa shape index (κ2) is 10.6. The van der Waals surface area contributed by atoms with E-state index in [4.69, 9.17) is 27.9 Å². The molecule has 0 unspecified atom stereocenters. The summed E-state index contributed by atoms with van der Waals surface area (Å²) in [5.41, 5.74) is 1.06. The van der Waals surface area contributed by atoms with Crippen molar-refractivity contribution in [3.8, 4) is 5.95 Å². The maximum Gasteiger partial charge on any atom is 0.326 e. The topological polar surface area (TPSA) is 94.4 Å². The molecule has 0 amide bonds. The number of anilines is 1. The Morgan fingerprint density at radius 2 is 1.77 bits per heavy atom. The van der Waals surface area contributed by atoms with Crippen LogP contribution in [0.5, 0.6) is 0 Å². The van der Waals surface area contributed by atoms with Crippen molar-refractivity contribution in [3.63, 3.8) is 0 Å². The number of benzene rings is 2. The van der Waals surface area contributed by atoms with Gasteiger partial charge < -0.3 is 4.74 Å². The summed E-state index contributed by atoms with van der Waals surface area (Å²) in [7, 11) is -4.21. The van der Waals surface area contributed by atoms with Crippen LogP contribution in [0.25, 0.3) is 16.9 Å². The summed E-state index contributed by atoms with van der Waals surface area (Å²) in [4.78, 5) is 20.9. The third-order valence-corrected chi connectivity index (χ3v) is 7.38. The monoisotopic (exact) mass is 532 g/mol. The van der Waals surface area contributed by atoms with Gasteiger partial charge in [-0.25, -0.2) is 18.4 Å². The summed E-state index contributed by atoms with van der Waals surface area (Å²) < 4.78 is 35.3. The van der Waals surface area contributed by atoms with Crippen LogP contribution in [-0.2, 0) is 19.6 Å². The predicted octanol–water partition coefficient (Wildman–Crippen LogP) is 5.27. The van der Waals surface area contributed by atoms with Crippen LogP contribution in [0.1, 0.15) is 19.8 Å². The molecule has 182 valence electrons. The van der Waals surface area contributed by atoms with E-state index in [1.165, 1.54) is 18.2 Å². The van der Waals surface area contributed by atoms with Gasteiger partial charge >= 0.3 is 5.97 Å². The number of hydrogen-bond donors (Lipinski definition) is 0. The van der Waals surface area contributed by atoms with Gasteiger partial charge in [-0.05, 0) is 55.0 Å². The Bertz CT molecular complexity index is 1440. The fourth-order valence-electron chi connectivity index (χ4n) is 3.49. The van der Waals surface area contributed by atoms with Gasteiger partial charge in [0.25, 0.3) is 10.0 Å². The zero-order valence-electron chi connectivity index (χ0n) is 18.8. The normalized spacial score (nSPS) is 11.5. The average Bonchev–Trinajstić information content (AvgIpc) is 3.26. The minimum atomic E-state index is -4.21. The van der Waals surface area contributed by atoms with E-state index in [9.17, 15) is 13.2 Å². The van der Waals surface area contributed by atoms with E-state index < -0.39 is 22.5 Å². The molecule has 2 aromatic heterocycles. The Labute approximate surface area is 213 Å². The highest BCUT2D eigenvalue weighted by atomic mass is 35.5. The molecule has 2 aromatic carbocycles. The molecule has 0 spiro atoms. The Kier molecular flexibility index (Phi) is 7.59. The Morgan fingerprint density at radius 3 is 2.46 bits per heavy atom. The second-order valence-corrected chi connectivity index (χ2v) is 10.4. The Morgan fingerprint density at radius 1 is 1.06 bits per heavy atom. The van der Waals surface area contributed by atoms with Crippen molar-refractivity contribution in [1.82, 2.24) is 14.5 Å². The number of carbonyl (C=O) groups is 1. The molecule has 0 aliphatic heterocycles. The first-order valence-corrected chi connectivity index (χ1v) is 13.0.